The van der Waals surface area contributed by atoms with Gasteiger partial charge in [0.15, 0.2) is 0 Å². The molecular formula is C18H20BrFN3+. The van der Waals surface area contributed by atoms with Crippen molar-refractivity contribution in [1.82, 2.24) is 5.01 Å². The van der Waals surface area contributed by atoms with E-state index in [1.165, 1.54) is 11.6 Å². The van der Waals surface area contributed by atoms with E-state index in [2.05, 4.69) is 45.3 Å². The van der Waals surface area contributed by atoms with Crippen LogP contribution in [0, 0.1) is 5.82 Å². The van der Waals surface area contributed by atoms with E-state index in [9.17, 15) is 4.39 Å². The highest BCUT2D eigenvalue weighted by molar-refractivity contribution is 9.10. The van der Waals surface area contributed by atoms with E-state index in [4.69, 9.17) is 0 Å². The lowest BCUT2D eigenvalue weighted by molar-refractivity contribution is -0.918. The van der Waals surface area contributed by atoms with Crippen LogP contribution in [0.5, 0.6) is 0 Å². The number of hydrogen-bond donors (Lipinski definition) is 1. The molecule has 1 heterocycles. The van der Waals surface area contributed by atoms with Gasteiger partial charge < -0.3 is 4.90 Å². The largest absolute Gasteiger partial charge is 0.328 e. The Morgan fingerprint density at radius 3 is 2.61 bits per heavy atom. The van der Waals surface area contributed by atoms with Crippen molar-refractivity contribution in [2.75, 3.05) is 26.2 Å². The average Bonchev–Trinajstić information content (AvgIpc) is 2.58. The lowest BCUT2D eigenvalue weighted by Crippen LogP contribution is -3.13. The smallest absolute Gasteiger partial charge is 0.132 e. The molecule has 3 rings (SSSR count). The van der Waals surface area contributed by atoms with Gasteiger partial charge in [0, 0.05) is 15.6 Å². The Bertz CT molecular complexity index is 667. The van der Waals surface area contributed by atoms with Gasteiger partial charge in [-0.2, -0.15) is 5.10 Å². The van der Waals surface area contributed by atoms with Crippen LogP contribution < -0.4 is 4.90 Å². The lowest BCUT2D eigenvalue weighted by atomic mass is 10.2. The monoisotopic (exact) mass is 376 g/mol. The molecule has 0 aromatic heterocycles. The Labute approximate surface area is 144 Å². The molecule has 0 radical (unpaired) electrons. The van der Waals surface area contributed by atoms with E-state index in [0.29, 0.717) is 5.56 Å². The molecule has 0 spiro atoms. The van der Waals surface area contributed by atoms with Crippen molar-refractivity contribution < 1.29 is 9.29 Å². The molecule has 1 aliphatic heterocycles. The molecule has 0 amide bonds. The Morgan fingerprint density at radius 2 is 1.87 bits per heavy atom. The molecule has 0 aliphatic carbocycles. The number of hydrazone groups is 1. The summed E-state index contributed by atoms with van der Waals surface area (Å²) in [5.74, 6) is -0.245. The fourth-order valence-corrected chi connectivity index (χ4v) is 3.12. The summed E-state index contributed by atoms with van der Waals surface area (Å²) in [4.78, 5) is 1.57. The van der Waals surface area contributed by atoms with Crippen molar-refractivity contribution in [2.24, 2.45) is 5.10 Å². The van der Waals surface area contributed by atoms with Crippen LogP contribution in [-0.4, -0.2) is 37.4 Å². The van der Waals surface area contributed by atoms with Crippen molar-refractivity contribution in [3.8, 4) is 0 Å². The van der Waals surface area contributed by atoms with Crippen LogP contribution in [0.15, 0.2) is 58.1 Å². The van der Waals surface area contributed by atoms with Gasteiger partial charge in [-0.25, -0.2) is 4.39 Å². The molecule has 2 aromatic carbocycles. The number of nitrogens with one attached hydrogen (secondary N) is 1. The lowest BCUT2D eigenvalue weighted by Gasteiger charge is -2.30. The second-order valence-corrected chi connectivity index (χ2v) is 6.69. The van der Waals surface area contributed by atoms with Crippen LogP contribution in [0.1, 0.15) is 11.1 Å². The molecule has 2 aromatic rings. The molecule has 0 atom stereocenters. The Morgan fingerprint density at radius 1 is 1.13 bits per heavy atom. The standard InChI is InChI=1S/C18H19BrFN3/c19-17-6-7-18(20)16(12-17)13-21-23-10-8-22(9-11-23)14-15-4-2-1-3-5-15/h1-7,12-13H,8-11,14H2/p+1/b21-13-. The minimum atomic E-state index is -0.245. The van der Waals surface area contributed by atoms with E-state index in [1.54, 1.807) is 23.2 Å². The summed E-state index contributed by atoms with van der Waals surface area (Å²) in [6.07, 6.45) is 1.61. The first-order chi connectivity index (χ1) is 11.2. The predicted octanol–water partition coefficient (Wildman–Crippen LogP) is 2.32. The average molecular weight is 377 g/mol. The molecule has 120 valence electrons. The molecule has 0 bridgehead atoms. The minimum Gasteiger partial charge on any atom is -0.328 e. The van der Waals surface area contributed by atoms with Crippen molar-refractivity contribution in [3.63, 3.8) is 0 Å². The third-order valence-electron chi connectivity index (χ3n) is 4.06. The summed E-state index contributed by atoms with van der Waals surface area (Å²) in [6.45, 7) is 4.95. The van der Waals surface area contributed by atoms with E-state index < -0.39 is 0 Å². The first-order valence-electron chi connectivity index (χ1n) is 7.82. The van der Waals surface area contributed by atoms with Gasteiger partial charge in [0.25, 0.3) is 0 Å². The van der Waals surface area contributed by atoms with Crippen molar-refractivity contribution >= 4 is 22.1 Å². The molecule has 5 heteroatoms. The molecule has 23 heavy (non-hydrogen) atoms. The Kier molecular flexibility index (Phi) is 5.41. The summed E-state index contributed by atoms with van der Waals surface area (Å²) in [7, 11) is 0. The second kappa shape index (κ2) is 7.70. The van der Waals surface area contributed by atoms with Crippen LogP contribution in [0.4, 0.5) is 4.39 Å². The number of benzene rings is 2. The Hall–Kier alpha value is -1.72. The number of piperazine rings is 1. The number of halogens is 2. The van der Waals surface area contributed by atoms with Gasteiger partial charge in [0.1, 0.15) is 12.4 Å². The maximum atomic E-state index is 13.7. The molecule has 0 saturated carbocycles. The van der Waals surface area contributed by atoms with Crippen LogP contribution in [0.2, 0.25) is 0 Å². The summed E-state index contributed by atoms with van der Waals surface area (Å²) in [6, 6.07) is 15.5. The van der Waals surface area contributed by atoms with Crippen molar-refractivity contribution in [3.05, 3.63) is 69.9 Å². The summed E-state index contributed by atoms with van der Waals surface area (Å²) in [5, 5.41) is 6.45. The summed E-state index contributed by atoms with van der Waals surface area (Å²) >= 11 is 3.36. The van der Waals surface area contributed by atoms with Gasteiger partial charge in [-0.05, 0) is 18.2 Å². The Balaban J connectivity index is 1.53. The van der Waals surface area contributed by atoms with Crippen LogP contribution in [-0.2, 0) is 6.54 Å². The van der Waals surface area contributed by atoms with Crippen LogP contribution in [0.25, 0.3) is 0 Å². The highest BCUT2D eigenvalue weighted by Crippen LogP contribution is 2.14. The van der Waals surface area contributed by atoms with Crippen molar-refractivity contribution in [1.29, 1.82) is 0 Å². The topological polar surface area (TPSA) is 20.0 Å². The number of rotatable bonds is 4. The first-order valence-corrected chi connectivity index (χ1v) is 8.61. The molecule has 1 saturated heterocycles. The molecule has 3 nitrogen and oxygen atoms in total. The molecular weight excluding hydrogens is 357 g/mol. The normalized spacial score (nSPS) is 16.2. The number of nitrogens with zero attached hydrogens (tertiary/aromatic N) is 2. The van der Waals surface area contributed by atoms with Gasteiger partial charge in [-0.15, -0.1) is 0 Å². The zero-order chi connectivity index (χ0) is 16.1. The zero-order valence-corrected chi connectivity index (χ0v) is 14.5. The maximum Gasteiger partial charge on any atom is 0.132 e. The van der Waals surface area contributed by atoms with E-state index in [0.717, 1.165) is 37.2 Å². The third-order valence-corrected chi connectivity index (χ3v) is 4.56. The molecule has 1 aliphatic rings. The molecule has 1 N–H and O–H groups in total. The highest BCUT2D eigenvalue weighted by Gasteiger charge is 2.18. The maximum absolute atomic E-state index is 13.7. The second-order valence-electron chi connectivity index (χ2n) is 5.78. The fraction of sp³-hybridized carbons (Fsp3) is 0.278. The predicted molar refractivity (Wildman–Crippen MR) is 94.1 cm³/mol. The highest BCUT2D eigenvalue weighted by atomic mass is 79.9. The minimum absolute atomic E-state index is 0.245. The van der Waals surface area contributed by atoms with Crippen LogP contribution >= 0.6 is 15.9 Å². The van der Waals surface area contributed by atoms with Gasteiger partial charge in [0.2, 0.25) is 0 Å². The number of quaternary nitrogens is 1. The fourth-order valence-electron chi connectivity index (χ4n) is 2.75. The summed E-state index contributed by atoms with van der Waals surface area (Å²) in [5.41, 5.74) is 1.88. The van der Waals surface area contributed by atoms with Crippen molar-refractivity contribution in [2.45, 2.75) is 6.54 Å². The van der Waals surface area contributed by atoms with E-state index in [1.807, 2.05) is 11.1 Å². The quantitative estimate of drug-likeness (QED) is 0.811. The number of hydrogen-bond acceptors (Lipinski definition) is 2. The van der Waals surface area contributed by atoms with E-state index >= 15 is 0 Å². The van der Waals surface area contributed by atoms with Crippen LogP contribution in [0.3, 0.4) is 0 Å². The van der Waals surface area contributed by atoms with Gasteiger partial charge >= 0.3 is 0 Å². The summed E-state index contributed by atoms with van der Waals surface area (Å²) < 4.78 is 14.6. The first kappa shape index (κ1) is 16.1. The third kappa shape index (κ3) is 4.62. The van der Waals surface area contributed by atoms with Gasteiger partial charge in [0.05, 0.1) is 32.4 Å². The van der Waals surface area contributed by atoms with Gasteiger partial charge in [-0.3, -0.25) is 5.01 Å². The molecule has 1 fully saturated rings. The zero-order valence-electron chi connectivity index (χ0n) is 12.9. The molecule has 0 unspecified atom stereocenters. The van der Waals surface area contributed by atoms with Gasteiger partial charge in [-0.1, -0.05) is 46.3 Å². The van der Waals surface area contributed by atoms with E-state index in [-0.39, 0.29) is 5.82 Å². The SMILES string of the molecule is Fc1ccc(Br)cc1/C=N\N1CC[NH+](Cc2ccccc2)CC1.